The third kappa shape index (κ3) is 3.92. The van der Waals surface area contributed by atoms with E-state index in [1.165, 1.54) is 30.0 Å². The van der Waals surface area contributed by atoms with E-state index in [1.54, 1.807) is 13.2 Å². The SMILES string of the molecule is CS[C@H](CO)[C@@H](C)NS(=O)(=O)c1ccccc1[N+](=O)[O-]. The van der Waals surface area contributed by atoms with Crippen LogP contribution >= 0.6 is 11.8 Å². The van der Waals surface area contributed by atoms with Crippen LogP contribution in [0.25, 0.3) is 0 Å². The Kier molecular flexibility index (Phi) is 5.93. The van der Waals surface area contributed by atoms with Gasteiger partial charge in [0.25, 0.3) is 5.69 Å². The Labute approximate surface area is 121 Å². The molecule has 0 fully saturated rings. The second-order valence-electron chi connectivity index (χ2n) is 4.09. The molecular formula is C11H16N2O5S2. The number of aliphatic hydroxyl groups excluding tert-OH is 1. The second-order valence-corrected chi connectivity index (χ2v) is 6.85. The Hall–Kier alpha value is -1.16. The smallest absolute Gasteiger partial charge is 0.289 e. The Morgan fingerprint density at radius 1 is 1.45 bits per heavy atom. The van der Waals surface area contributed by atoms with Crippen molar-refractivity contribution in [2.24, 2.45) is 0 Å². The molecule has 0 aliphatic heterocycles. The molecule has 0 saturated carbocycles. The highest BCUT2D eigenvalue weighted by atomic mass is 32.2. The summed E-state index contributed by atoms with van der Waals surface area (Å²) < 4.78 is 26.8. The van der Waals surface area contributed by atoms with Crippen molar-refractivity contribution in [3.63, 3.8) is 0 Å². The number of sulfonamides is 1. The molecule has 7 nitrogen and oxygen atoms in total. The molecule has 0 aliphatic rings. The van der Waals surface area contributed by atoms with Crippen molar-refractivity contribution in [1.29, 1.82) is 0 Å². The van der Waals surface area contributed by atoms with E-state index >= 15 is 0 Å². The zero-order chi connectivity index (χ0) is 15.3. The first kappa shape index (κ1) is 16.9. The van der Waals surface area contributed by atoms with E-state index in [0.29, 0.717) is 0 Å². The van der Waals surface area contributed by atoms with Gasteiger partial charge in [0.05, 0.1) is 11.5 Å². The summed E-state index contributed by atoms with van der Waals surface area (Å²) in [7, 11) is -4.02. The number of nitrogens with zero attached hydrogens (tertiary/aromatic N) is 1. The number of para-hydroxylation sites is 1. The van der Waals surface area contributed by atoms with E-state index < -0.39 is 26.7 Å². The van der Waals surface area contributed by atoms with Gasteiger partial charge in [0.1, 0.15) is 0 Å². The summed E-state index contributed by atoms with van der Waals surface area (Å²) in [5.41, 5.74) is -0.475. The van der Waals surface area contributed by atoms with Crippen LogP contribution in [0, 0.1) is 10.1 Å². The number of benzene rings is 1. The second kappa shape index (κ2) is 7.02. The first-order chi connectivity index (χ1) is 9.33. The molecule has 0 spiro atoms. The number of nitrogens with one attached hydrogen (secondary N) is 1. The lowest BCUT2D eigenvalue weighted by Gasteiger charge is -2.21. The molecule has 112 valence electrons. The molecule has 0 bridgehead atoms. The third-order valence-corrected chi connectivity index (χ3v) is 5.50. The molecule has 1 rings (SSSR count). The molecule has 0 amide bonds. The van der Waals surface area contributed by atoms with E-state index in [9.17, 15) is 18.5 Å². The molecule has 0 aromatic heterocycles. The lowest BCUT2D eigenvalue weighted by molar-refractivity contribution is -0.387. The van der Waals surface area contributed by atoms with Crippen LogP contribution in [-0.4, -0.2) is 42.6 Å². The third-order valence-electron chi connectivity index (χ3n) is 2.73. The van der Waals surface area contributed by atoms with Gasteiger partial charge in [-0.3, -0.25) is 10.1 Å². The van der Waals surface area contributed by atoms with Gasteiger partial charge in [-0.1, -0.05) is 12.1 Å². The summed E-state index contributed by atoms with van der Waals surface area (Å²) in [5, 5.41) is 19.7. The normalized spacial score (nSPS) is 14.8. The lowest BCUT2D eigenvalue weighted by Crippen LogP contribution is -2.41. The van der Waals surface area contributed by atoms with Crippen LogP contribution in [0.2, 0.25) is 0 Å². The zero-order valence-corrected chi connectivity index (χ0v) is 12.6. The molecule has 0 aliphatic carbocycles. The molecule has 0 saturated heterocycles. The molecule has 2 atom stereocenters. The number of thioether (sulfide) groups is 1. The molecule has 0 heterocycles. The van der Waals surface area contributed by atoms with Gasteiger partial charge in [-0.2, -0.15) is 11.8 Å². The maximum Gasteiger partial charge on any atom is 0.289 e. The summed E-state index contributed by atoms with van der Waals surface area (Å²) >= 11 is 1.31. The van der Waals surface area contributed by atoms with E-state index in [1.807, 2.05) is 0 Å². The Balaban J connectivity index is 3.09. The van der Waals surface area contributed by atoms with Crippen molar-refractivity contribution in [2.75, 3.05) is 12.9 Å². The van der Waals surface area contributed by atoms with Crippen LogP contribution in [0.5, 0.6) is 0 Å². The Morgan fingerprint density at radius 2 is 2.05 bits per heavy atom. The number of hydrogen-bond donors (Lipinski definition) is 2. The van der Waals surface area contributed by atoms with Gasteiger partial charge in [-0.25, -0.2) is 13.1 Å². The highest BCUT2D eigenvalue weighted by molar-refractivity contribution is 7.99. The number of nitro groups is 1. The van der Waals surface area contributed by atoms with Gasteiger partial charge >= 0.3 is 0 Å². The molecule has 1 aromatic carbocycles. The number of hydrogen-bond acceptors (Lipinski definition) is 6. The topological polar surface area (TPSA) is 110 Å². The van der Waals surface area contributed by atoms with E-state index in [4.69, 9.17) is 5.11 Å². The monoisotopic (exact) mass is 320 g/mol. The van der Waals surface area contributed by atoms with Crippen LogP contribution in [0.4, 0.5) is 5.69 Å². The van der Waals surface area contributed by atoms with Crippen molar-refractivity contribution >= 4 is 27.5 Å². The van der Waals surface area contributed by atoms with Crippen molar-refractivity contribution in [3.05, 3.63) is 34.4 Å². The van der Waals surface area contributed by atoms with Crippen molar-refractivity contribution in [3.8, 4) is 0 Å². The van der Waals surface area contributed by atoms with Gasteiger partial charge in [0.2, 0.25) is 10.0 Å². The zero-order valence-electron chi connectivity index (χ0n) is 11.0. The fraction of sp³-hybridized carbons (Fsp3) is 0.455. The van der Waals surface area contributed by atoms with Crippen LogP contribution in [0.1, 0.15) is 6.92 Å². The molecule has 2 N–H and O–H groups in total. The molecule has 20 heavy (non-hydrogen) atoms. The summed E-state index contributed by atoms with van der Waals surface area (Å²) in [4.78, 5) is 9.75. The standard InChI is InChI=1S/C11H16N2O5S2/c1-8(10(7-14)19-2)12-20(17,18)11-6-4-3-5-9(11)13(15)16/h3-6,8,10,12,14H,7H2,1-2H3/t8-,10-/m1/s1. The van der Waals surface area contributed by atoms with Crippen molar-refractivity contribution in [1.82, 2.24) is 4.72 Å². The van der Waals surface area contributed by atoms with Gasteiger partial charge in [0, 0.05) is 17.4 Å². The summed E-state index contributed by atoms with van der Waals surface area (Å²) in [6.45, 7) is 1.41. The molecule has 0 unspecified atom stereocenters. The minimum atomic E-state index is -4.02. The van der Waals surface area contributed by atoms with E-state index in [2.05, 4.69) is 4.72 Å². The summed E-state index contributed by atoms with van der Waals surface area (Å²) in [6.07, 6.45) is 1.75. The van der Waals surface area contributed by atoms with Crippen LogP contribution < -0.4 is 4.72 Å². The van der Waals surface area contributed by atoms with Crippen LogP contribution in [0.3, 0.4) is 0 Å². The molecule has 1 aromatic rings. The van der Waals surface area contributed by atoms with Crippen LogP contribution in [-0.2, 0) is 10.0 Å². The lowest BCUT2D eigenvalue weighted by atomic mass is 10.3. The van der Waals surface area contributed by atoms with Crippen molar-refractivity contribution < 1.29 is 18.4 Å². The predicted octanol–water partition coefficient (Wildman–Crippen LogP) is 0.985. The minimum Gasteiger partial charge on any atom is -0.395 e. The largest absolute Gasteiger partial charge is 0.395 e. The summed E-state index contributed by atoms with van der Waals surface area (Å²) in [5.74, 6) is 0. The number of nitro benzene ring substituents is 1. The highest BCUT2D eigenvalue weighted by Crippen LogP contribution is 2.23. The van der Waals surface area contributed by atoms with Crippen LogP contribution in [0.15, 0.2) is 29.2 Å². The summed E-state index contributed by atoms with van der Waals surface area (Å²) in [6, 6.07) is 4.58. The van der Waals surface area contributed by atoms with E-state index in [0.717, 1.165) is 6.07 Å². The molecular weight excluding hydrogens is 304 g/mol. The average molecular weight is 320 g/mol. The van der Waals surface area contributed by atoms with E-state index in [-0.39, 0.29) is 16.8 Å². The van der Waals surface area contributed by atoms with Crippen molar-refractivity contribution in [2.45, 2.75) is 23.1 Å². The first-order valence-electron chi connectivity index (χ1n) is 5.73. The number of rotatable bonds is 7. The number of aliphatic hydroxyl groups is 1. The van der Waals surface area contributed by atoms with Gasteiger partial charge in [-0.05, 0) is 19.2 Å². The van der Waals surface area contributed by atoms with Gasteiger partial charge < -0.3 is 5.11 Å². The average Bonchev–Trinajstić information content (AvgIpc) is 2.39. The highest BCUT2D eigenvalue weighted by Gasteiger charge is 2.28. The molecule has 9 heteroatoms. The minimum absolute atomic E-state index is 0.193. The fourth-order valence-electron chi connectivity index (χ4n) is 1.66. The molecule has 0 radical (unpaired) electrons. The Morgan fingerprint density at radius 3 is 2.55 bits per heavy atom. The predicted molar refractivity (Wildman–Crippen MR) is 77.3 cm³/mol. The maximum atomic E-state index is 12.2. The van der Waals surface area contributed by atoms with Gasteiger partial charge in [-0.15, -0.1) is 0 Å². The fourth-order valence-corrected chi connectivity index (χ4v) is 3.82. The Bertz CT molecular complexity index is 572. The first-order valence-corrected chi connectivity index (χ1v) is 8.50. The van der Waals surface area contributed by atoms with Gasteiger partial charge in [0.15, 0.2) is 4.90 Å². The quantitative estimate of drug-likeness (QED) is 0.572. The maximum absolute atomic E-state index is 12.2.